The molecule has 0 aromatic carbocycles. The Hall–Kier alpha value is -1.07. The number of hydrogen-bond donors (Lipinski definition) is 0. The third kappa shape index (κ3) is 39.0. The summed E-state index contributed by atoms with van der Waals surface area (Å²) in [5.41, 5.74) is 0. The molecule has 0 heterocycles. The summed E-state index contributed by atoms with van der Waals surface area (Å²) in [6.45, 7) is 13.3. The van der Waals surface area contributed by atoms with Gasteiger partial charge in [-0.1, -0.05) is 110 Å². The van der Waals surface area contributed by atoms with E-state index in [0.717, 1.165) is 19.1 Å². The summed E-state index contributed by atoms with van der Waals surface area (Å²) in [5, 5.41) is 0. The minimum absolute atomic E-state index is 0.210. The van der Waals surface area contributed by atoms with Crippen LogP contribution in [0.5, 0.6) is 0 Å². The minimum atomic E-state index is -0.449. The van der Waals surface area contributed by atoms with Crippen LogP contribution in [0.25, 0.3) is 0 Å². The fraction of sp³-hybridized carbons (Fsp3) is 0.914. The van der Waals surface area contributed by atoms with Crippen molar-refractivity contribution in [2.45, 2.75) is 110 Å². The average molecular weight is 633 g/mol. The number of ether oxygens (including phenoxy) is 8. The molecular weight excluding hydrogens is 564 g/mol. The molecule has 0 aliphatic carbocycles. The van der Waals surface area contributed by atoms with Gasteiger partial charge >= 0.3 is 5.97 Å². The Kier molecular flexibility index (Phi) is 39.0. The second-order valence-corrected chi connectivity index (χ2v) is 11.0. The van der Waals surface area contributed by atoms with Crippen LogP contribution >= 0.6 is 0 Å². The Morgan fingerprint density at radius 3 is 0.932 bits per heavy atom. The van der Waals surface area contributed by atoms with E-state index in [-0.39, 0.29) is 6.61 Å². The highest BCUT2D eigenvalue weighted by Crippen LogP contribution is 2.13. The van der Waals surface area contributed by atoms with E-state index >= 15 is 0 Å². The van der Waals surface area contributed by atoms with Crippen LogP contribution in [0.4, 0.5) is 0 Å². The zero-order valence-electron chi connectivity index (χ0n) is 28.4. The normalized spacial score (nSPS) is 11.3. The van der Waals surface area contributed by atoms with E-state index in [1.165, 1.54) is 96.3 Å². The fourth-order valence-corrected chi connectivity index (χ4v) is 4.43. The van der Waals surface area contributed by atoms with Crippen molar-refractivity contribution < 1.29 is 42.7 Å². The van der Waals surface area contributed by atoms with Gasteiger partial charge in [-0.25, -0.2) is 4.79 Å². The minimum Gasteiger partial charge on any atom is -0.460 e. The Balaban J connectivity index is 3.05. The molecular formula is C35H68O9. The molecule has 0 aliphatic heterocycles. The number of esters is 1. The van der Waals surface area contributed by atoms with Gasteiger partial charge in [-0.15, -0.1) is 0 Å². The van der Waals surface area contributed by atoms with Gasteiger partial charge in [-0.2, -0.15) is 0 Å². The van der Waals surface area contributed by atoms with E-state index in [1.807, 2.05) is 0 Å². The fourth-order valence-electron chi connectivity index (χ4n) is 4.43. The predicted octanol–water partition coefficient (Wildman–Crippen LogP) is 7.09. The van der Waals surface area contributed by atoms with Gasteiger partial charge in [-0.05, 0) is 6.42 Å². The topological polar surface area (TPSA) is 90.9 Å². The molecule has 0 N–H and O–H groups in total. The van der Waals surface area contributed by atoms with Crippen LogP contribution in [-0.2, 0) is 42.7 Å². The van der Waals surface area contributed by atoms with Gasteiger partial charge < -0.3 is 37.9 Å². The van der Waals surface area contributed by atoms with Gasteiger partial charge in [0.05, 0.1) is 85.9 Å². The maximum absolute atomic E-state index is 10.8. The quantitative estimate of drug-likeness (QED) is 0.0400. The Morgan fingerprint density at radius 1 is 0.386 bits per heavy atom. The lowest BCUT2D eigenvalue weighted by molar-refractivity contribution is -0.139. The maximum atomic E-state index is 10.8. The molecule has 0 aromatic heterocycles. The number of unbranched alkanes of at least 4 members (excludes halogenated alkanes) is 15. The first-order valence-corrected chi connectivity index (χ1v) is 17.6. The molecule has 0 spiro atoms. The molecule has 9 nitrogen and oxygen atoms in total. The second-order valence-electron chi connectivity index (χ2n) is 11.0. The summed E-state index contributed by atoms with van der Waals surface area (Å²) in [4.78, 5) is 10.8. The smallest absolute Gasteiger partial charge is 0.330 e. The third-order valence-corrected chi connectivity index (χ3v) is 7.01. The molecule has 0 saturated carbocycles. The highest BCUT2D eigenvalue weighted by molar-refractivity contribution is 5.81. The highest BCUT2D eigenvalue weighted by Gasteiger charge is 1.98. The first kappa shape index (κ1) is 42.9. The molecule has 0 atom stereocenters. The van der Waals surface area contributed by atoms with Gasteiger partial charge in [0.25, 0.3) is 0 Å². The molecule has 0 radical (unpaired) electrons. The Morgan fingerprint density at radius 2 is 0.636 bits per heavy atom. The van der Waals surface area contributed by atoms with Gasteiger partial charge in [0, 0.05) is 12.7 Å². The summed E-state index contributed by atoms with van der Waals surface area (Å²) in [6.07, 6.45) is 23.3. The van der Waals surface area contributed by atoms with Crippen molar-refractivity contribution in [3.63, 3.8) is 0 Å². The van der Waals surface area contributed by atoms with Crippen LogP contribution in [0.1, 0.15) is 110 Å². The van der Waals surface area contributed by atoms with E-state index in [4.69, 9.17) is 37.9 Å². The molecule has 0 rings (SSSR count). The summed E-state index contributed by atoms with van der Waals surface area (Å²) < 4.78 is 43.1. The van der Waals surface area contributed by atoms with E-state index < -0.39 is 5.97 Å². The van der Waals surface area contributed by atoms with Crippen molar-refractivity contribution in [1.29, 1.82) is 0 Å². The lowest BCUT2D eigenvalue weighted by atomic mass is 10.0. The molecule has 0 saturated heterocycles. The third-order valence-electron chi connectivity index (χ3n) is 7.01. The van der Waals surface area contributed by atoms with Gasteiger partial charge in [0.15, 0.2) is 0 Å². The van der Waals surface area contributed by atoms with Crippen LogP contribution < -0.4 is 0 Å². The lowest BCUT2D eigenvalue weighted by Gasteiger charge is -2.08. The zero-order valence-corrected chi connectivity index (χ0v) is 28.4. The van der Waals surface area contributed by atoms with Crippen LogP contribution in [0.2, 0.25) is 0 Å². The average Bonchev–Trinajstić information content (AvgIpc) is 3.04. The van der Waals surface area contributed by atoms with Crippen molar-refractivity contribution in [2.24, 2.45) is 0 Å². The van der Waals surface area contributed by atoms with Crippen molar-refractivity contribution in [3.05, 3.63) is 12.7 Å². The largest absolute Gasteiger partial charge is 0.460 e. The molecule has 0 amide bonds. The van der Waals surface area contributed by atoms with Gasteiger partial charge in [0.1, 0.15) is 6.61 Å². The SMILES string of the molecule is C=CC(=O)OCCOCCOCCOCCOCCOCCOCCOCCCCCCCCCCCCCCCCCC. The molecule has 262 valence electrons. The second kappa shape index (κ2) is 40.0. The molecule has 0 fully saturated rings. The summed E-state index contributed by atoms with van der Waals surface area (Å²) in [7, 11) is 0. The molecule has 44 heavy (non-hydrogen) atoms. The Labute approximate surface area is 270 Å². The van der Waals surface area contributed by atoms with Crippen molar-refractivity contribution in [1.82, 2.24) is 0 Å². The highest BCUT2D eigenvalue weighted by atomic mass is 16.6. The van der Waals surface area contributed by atoms with Gasteiger partial charge in [-0.3, -0.25) is 0 Å². The van der Waals surface area contributed by atoms with E-state index in [9.17, 15) is 4.79 Å². The number of carbonyl (C=O) groups is 1. The monoisotopic (exact) mass is 632 g/mol. The molecule has 0 aromatic rings. The predicted molar refractivity (Wildman–Crippen MR) is 176 cm³/mol. The molecule has 9 heteroatoms. The van der Waals surface area contributed by atoms with Crippen molar-refractivity contribution in [3.8, 4) is 0 Å². The van der Waals surface area contributed by atoms with E-state index in [0.29, 0.717) is 85.9 Å². The molecule has 0 aliphatic rings. The summed E-state index contributed by atoms with van der Waals surface area (Å²) >= 11 is 0. The van der Waals surface area contributed by atoms with Crippen LogP contribution in [0.3, 0.4) is 0 Å². The molecule has 0 bridgehead atoms. The maximum Gasteiger partial charge on any atom is 0.330 e. The number of carbonyl (C=O) groups excluding carboxylic acids is 1. The van der Waals surface area contributed by atoms with Crippen LogP contribution in [0.15, 0.2) is 12.7 Å². The number of hydrogen-bond acceptors (Lipinski definition) is 9. The summed E-state index contributed by atoms with van der Waals surface area (Å²) in [6, 6.07) is 0. The standard InChI is InChI=1S/C35H68O9/c1-3-5-6-7-8-9-10-11-12-13-14-15-16-17-18-19-20-37-21-22-38-23-24-39-25-26-40-27-28-41-29-30-42-31-32-43-33-34-44-35(36)4-2/h4H,2-3,5-34H2,1H3. The first-order valence-electron chi connectivity index (χ1n) is 17.6. The number of rotatable bonds is 39. The van der Waals surface area contributed by atoms with Crippen molar-refractivity contribution in [2.75, 3.05) is 99.1 Å². The Bertz CT molecular complexity index is 562. The summed E-state index contributed by atoms with van der Waals surface area (Å²) in [5.74, 6) is -0.449. The van der Waals surface area contributed by atoms with Crippen molar-refractivity contribution >= 4 is 5.97 Å². The zero-order chi connectivity index (χ0) is 31.9. The molecule has 0 unspecified atom stereocenters. The first-order chi connectivity index (χ1) is 21.8. The van der Waals surface area contributed by atoms with Crippen LogP contribution in [-0.4, -0.2) is 105 Å². The van der Waals surface area contributed by atoms with E-state index in [2.05, 4.69) is 13.5 Å². The van der Waals surface area contributed by atoms with E-state index in [1.54, 1.807) is 0 Å². The lowest BCUT2D eigenvalue weighted by Crippen LogP contribution is -2.15. The van der Waals surface area contributed by atoms with Gasteiger partial charge in [0.2, 0.25) is 0 Å². The van der Waals surface area contributed by atoms with Crippen LogP contribution in [0, 0.1) is 0 Å².